The Kier molecular flexibility index (Phi) is 4.55. The molecular weight excluding hydrogens is 196 g/mol. The van der Waals surface area contributed by atoms with Crippen LogP contribution < -0.4 is 10.6 Å². The summed E-state index contributed by atoms with van der Waals surface area (Å²) in [5, 5.41) is 14.4. The highest BCUT2D eigenvalue weighted by molar-refractivity contribution is 5.79. The summed E-state index contributed by atoms with van der Waals surface area (Å²) >= 11 is 0. The van der Waals surface area contributed by atoms with Crippen molar-refractivity contribution in [3.05, 3.63) is 0 Å². The highest BCUT2D eigenvalue weighted by Gasteiger charge is 2.28. The van der Waals surface area contributed by atoms with Gasteiger partial charge in [0.1, 0.15) is 0 Å². The molecule has 1 aliphatic heterocycles. The zero-order valence-corrected chi connectivity index (χ0v) is 8.95. The van der Waals surface area contributed by atoms with E-state index >= 15 is 0 Å². The van der Waals surface area contributed by atoms with E-state index in [4.69, 9.17) is 5.11 Å². The quantitative estimate of drug-likeness (QED) is 0.561. The Balaban J connectivity index is 2.15. The molecule has 1 fully saturated rings. The highest BCUT2D eigenvalue weighted by atomic mass is 16.4. The molecular formula is C10H18N2O3. The summed E-state index contributed by atoms with van der Waals surface area (Å²) in [5.41, 5.74) is 0. The lowest BCUT2D eigenvalue weighted by Gasteiger charge is -2.14. The van der Waals surface area contributed by atoms with Gasteiger partial charge in [0.25, 0.3) is 0 Å². The molecule has 0 radical (unpaired) electrons. The maximum atomic E-state index is 11.6. The maximum Gasteiger partial charge on any atom is 0.303 e. The van der Waals surface area contributed by atoms with E-state index in [9.17, 15) is 9.59 Å². The second-order valence-electron chi connectivity index (χ2n) is 3.93. The van der Waals surface area contributed by atoms with Gasteiger partial charge in [0.2, 0.25) is 5.91 Å². The molecule has 0 bridgehead atoms. The van der Waals surface area contributed by atoms with Crippen molar-refractivity contribution >= 4 is 11.9 Å². The van der Waals surface area contributed by atoms with Gasteiger partial charge in [0.15, 0.2) is 0 Å². The van der Waals surface area contributed by atoms with Gasteiger partial charge in [-0.3, -0.25) is 9.59 Å². The van der Waals surface area contributed by atoms with Crippen LogP contribution in [-0.2, 0) is 9.59 Å². The predicted molar refractivity (Wildman–Crippen MR) is 55.5 cm³/mol. The number of carboxylic acid groups (broad SMARTS) is 1. The molecule has 1 heterocycles. The largest absolute Gasteiger partial charge is 0.481 e. The number of amides is 1. The van der Waals surface area contributed by atoms with Crippen molar-refractivity contribution in [1.29, 1.82) is 0 Å². The summed E-state index contributed by atoms with van der Waals surface area (Å²) in [5.74, 6) is -0.743. The van der Waals surface area contributed by atoms with Crippen LogP contribution in [0, 0.1) is 5.92 Å². The Hall–Kier alpha value is -1.10. The first-order valence-corrected chi connectivity index (χ1v) is 5.34. The molecule has 3 N–H and O–H groups in total. The van der Waals surface area contributed by atoms with Crippen LogP contribution in [-0.4, -0.2) is 36.1 Å². The van der Waals surface area contributed by atoms with E-state index in [1.54, 1.807) is 0 Å². The third-order valence-electron chi connectivity index (χ3n) is 2.73. The zero-order chi connectivity index (χ0) is 11.3. The fourth-order valence-corrected chi connectivity index (χ4v) is 1.80. The van der Waals surface area contributed by atoms with Crippen molar-refractivity contribution in [1.82, 2.24) is 10.6 Å². The summed E-state index contributed by atoms with van der Waals surface area (Å²) in [6, 6.07) is 0.226. The number of carbonyl (C=O) groups is 2. The lowest BCUT2D eigenvalue weighted by molar-refractivity contribution is -0.137. The number of hydrogen-bond donors (Lipinski definition) is 3. The van der Waals surface area contributed by atoms with Gasteiger partial charge in [-0.2, -0.15) is 0 Å². The SMILES string of the molecule is CC1NCCC1C(=O)NCCCC(=O)O. The summed E-state index contributed by atoms with van der Waals surface area (Å²) < 4.78 is 0. The van der Waals surface area contributed by atoms with Crippen molar-refractivity contribution in [3.8, 4) is 0 Å². The third-order valence-corrected chi connectivity index (χ3v) is 2.73. The van der Waals surface area contributed by atoms with E-state index in [1.807, 2.05) is 6.92 Å². The molecule has 0 saturated carbocycles. The Morgan fingerprint density at radius 2 is 2.27 bits per heavy atom. The van der Waals surface area contributed by atoms with Gasteiger partial charge >= 0.3 is 5.97 Å². The summed E-state index contributed by atoms with van der Waals surface area (Å²) in [6.07, 6.45) is 1.47. The van der Waals surface area contributed by atoms with E-state index in [0.717, 1.165) is 13.0 Å². The Morgan fingerprint density at radius 3 is 2.80 bits per heavy atom. The first kappa shape index (κ1) is 12.0. The number of hydrogen-bond acceptors (Lipinski definition) is 3. The molecule has 2 atom stereocenters. The van der Waals surface area contributed by atoms with Crippen LogP contribution in [0.5, 0.6) is 0 Å². The van der Waals surface area contributed by atoms with E-state index in [1.165, 1.54) is 0 Å². The average molecular weight is 214 g/mol. The molecule has 0 spiro atoms. The Labute approximate surface area is 89.2 Å². The monoisotopic (exact) mass is 214 g/mol. The molecule has 0 aromatic rings. The number of rotatable bonds is 5. The smallest absolute Gasteiger partial charge is 0.303 e. The van der Waals surface area contributed by atoms with Crippen LogP contribution in [0.25, 0.3) is 0 Å². The van der Waals surface area contributed by atoms with Crippen molar-refractivity contribution in [3.63, 3.8) is 0 Å². The minimum absolute atomic E-state index is 0.0369. The van der Waals surface area contributed by atoms with E-state index in [2.05, 4.69) is 10.6 Å². The van der Waals surface area contributed by atoms with Crippen molar-refractivity contribution in [2.24, 2.45) is 5.92 Å². The first-order valence-electron chi connectivity index (χ1n) is 5.34. The molecule has 1 rings (SSSR count). The third kappa shape index (κ3) is 3.87. The fraction of sp³-hybridized carbons (Fsp3) is 0.800. The van der Waals surface area contributed by atoms with Crippen LogP contribution in [0.1, 0.15) is 26.2 Å². The lowest BCUT2D eigenvalue weighted by Crippen LogP contribution is -2.37. The Bertz CT molecular complexity index is 243. The van der Waals surface area contributed by atoms with Crippen LogP contribution in [0.3, 0.4) is 0 Å². The Morgan fingerprint density at radius 1 is 1.53 bits per heavy atom. The molecule has 0 aromatic carbocycles. The molecule has 1 amide bonds. The predicted octanol–water partition coefficient (Wildman–Crippen LogP) is -0.0346. The van der Waals surface area contributed by atoms with Crippen LogP contribution >= 0.6 is 0 Å². The van der Waals surface area contributed by atoms with Crippen LogP contribution in [0.2, 0.25) is 0 Å². The summed E-state index contributed by atoms with van der Waals surface area (Å²) in [7, 11) is 0. The van der Waals surface area contributed by atoms with Gasteiger partial charge < -0.3 is 15.7 Å². The molecule has 2 unspecified atom stereocenters. The molecule has 5 heteroatoms. The molecule has 5 nitrogen and oxygen atoms in total. The minimum atomic E-state index is -0.819. The van der Waals surface area contributed by atoms with E-state index < -0.39 is 5.97 Å². The maximum absolute atomic E-state index is 11.6. The second-order valence-corrected chi connectivity index (χ2v) is 3.93. The summed E-state index contributed by atoms with van der Waals surface area (Å²) in [4.78, 5) is 21.8. The van der Waals surface area contributed by atoms with Gasteiger partial charge in [-0.15, -0.1) is 0 Å². The highest BCUT2D eigenvalue weighted by Crippen LogP contribution is 2.14. The van der Waals surface area contributed by atoms with E-state index in [-0.39, 0.29) is 24.3 Å². The zero-order valence-electron chi connectivity index (χ0n) is 8.95. The molecule has 1 aliphatic rings. The molecule has 0 aliphatic carbocycles. The average Bonchev–Trinajstić information content (AvgIpc) is 2.58. The fourth-order valence-electron chi connectivity index (χ4n) is 1.80. The molecule has 86 valence electrons. The topological polar surface area (TPSA) is 78.4 Å². The van der Waals surface area contributed by atoms with E-state index in [0.29, 0.717) is 13.0 Å². The van der Waals surface area contributed by atoms with Gasteiger partial charge in [-0.1, -0.05) is 0 Å². The molecule has 15 heavy (non-hydrogen) atoms. The minimum Gasteiger partial charge on any atom is -0.481 e. The molecule has 1 saturated heterocycles. The lowest BCUT2D eigenvalue weighted by atomic mass is 10.0. The van der Waals surface area contributed by atoms with Crippen molar-refractivity contribution in [2.45, 2.75) is 32.2 Å². The number of nitrogens with one attached hydrogen (secondary N) is 2. The van der Waals surface area contributed by atoms with Gasteiger partial charge in [0, 0.05) is 19.0 Å². The van der Waals surface area contributed by atoms with Crippen LogP contribution in [0.4, 0.5) is 0 Å². The summed E-state index contributed by atoms with van der Waals surface area (Å²) in [6.45, 7) is 3.33. The molecule has 0 aromatic heterocycles. The van der Waals surface area contributed by atoms with Gasteiger partial charge in [0.05, 0.1) is 5.92 Å². The number of carbonyl (C=O) groups excluding carboxylic acids is 1. The standard InChI is InChI=1S/C10H18N2O3/c1-7-8(4-6-11-7)10(15)12-5-2-3-9(13)14/h7-8,11H,2-6H2,1H3,(H,12,15)(H,13,14). The van der Waals surface area contributed by atoms with Crippen molar-refractivity contribution < 1.29 is 14.7 Å². The van der Waals surface area contributed by atoms with Gasteiger partial charge in [-0.05, 0) is 26.3 Å². The number of carboxylic acids is 1. The normalized spacial score (nSPS) is 25.1. The van der Waals surface area contributed by atoms with Gasteiger partial charge in [-0.25, -0.2) is 0 Å². The van der Waals surface area contributed by atoms with Crippen molar-refractivity contribution in [2.75, 3.05) is 13.1 Å². The second kappa shape index (κ2) is 5.70. The first-order chi connectivity index (χ1) is 7.11. The van der Waals surface area contributed by atoms with Crippen LogP contribution in [0.15, 0.2) is 0 Å². The number of aliphatic carboxylic acids is 1.